The third kappa shape index (κ3) is 4.36. The highest BCUT2D eigenvalue weighted by atomic mass is 16.5. The summed E-state index contributed by atoms with van der Waals surface area (Å²) in [6, 6.07) is 2.03. The Bertz CT molecular complexity index is 332. The SMILES string of the molecule is CCOC(=O)CCN(CCC#N)C(=O)C1CCC1. The van der Waals surface area contributed by atoms with Gasteiger partial charge in [-0.2, -0.15) is 5.26 Å². The van der Waals surface area contributed by atoms with E-state index in [2.05, 4.69) is 0 Å². The first-order valence-corrected chi connectivity index (χ1v) is 6.50. The fourth-order valence-electron chi connectivity index (χ4n) is 1.89. The first-order valence-electron chi connectivity index (χ1n) is 6.50. The van der Waals surface area contributed by atoms with Gasteiger partial charge in [-0.25, -0.2) is 0 Å². The molecule has 100 valence electrons. The molecule has 0 heterocycles. The van der Waals surface area contributed by atoms with Crippen LogP contribution in [0.4, 0.5) is 0 Å². The van der Waals surface area contributed by atoms with Gasteiger partial charge in [-0.3, -0.25) is 9.59 Å². The van der Waals surface area contributed by atoms with E-state index in [1.54, 1.807) is 11.8 Å². The molecule has 1 fully saturated rings. The Morgan fingerprint density at radius 3 is 2.61 bits per heavy atom. The summed E-state index contributed by atoms with van der Waals surface area (Å²) in [7, 11) is 0. The molecule has 0 spiro atoms. The average molecular weight is 252 g/mol. The average Bonchev–Trinajstić information content (AvgIpc) is 2.27. The van der Waals surface area contributed by atoms with Crippen molar-refractivity contribution in [1.29, 1.82) is 5.26 Å². The molecule has 0 atom stereocenters. The van der Waals surface area contributed by atoms with Gasteiger partial charge in [-0.05, 0) is 19.8 Å². The van der Waals surface area contributed by atoms with Gasteiger partial charge in [-0.15, -0.1) is 0 Å². The highest BCUT2D eigenvalue weighted by Gasteiger charge is 2.29. The first-order chi connectivity index (χ1) is 8.69. The highest BCUT2D eigenvalue weighted by Crippen LogP contribution is 2.28. The smallest absolute Gasteiger partial charge is 0.307 e. The van der Waals surface area contributed by atoms with Gasteiger partial charge in [0.2, 0.25) is 5.91 Å². The number of rotatable bonds is 7. The van der Waals surface area contributed by atoms with Crippen molar-refractivity contribution in [3.63, 3.8) is 0 Å². The summed E-state index contributed by atoms with van der Waals surface area (Å²) < 4.78 is 4.84. The zero-order chi connectivity index (χ0) is 13.4. The van der Waals surface area contributed by atoms with Crippen LogP contribution in [0.2, 0.25) is 0 Å². The number of ether oxygens (including phenoxy) is 1. The van der Waals surface area contributed by atoms with Gasteiger partial charge in [0.15, 0.2) is 0 Å². The molecule has 0 N–H and O–H groups in total. The second-order valence-electron chi connectivity index (χ2n) is 4.42. The van der Waals surface area contributed by atoms with E-state index >= 15 is 0 Å². The molecule has 1 amide bonds. The molecule has 0 radical (unpaired) electrons. The van der Waals surface area contributed by atoms with Crippen molar-refractivity contribution in [1.82, 2.24) is 4.90 Å². The number of carbonyl (C=O) groups is 2. The van der Waals surface area contributed by atoms with Crippen LogP contribution in [0.25, 0.3) is 0 Å². The van der Waals surface area contributed by atoms with E-state index in [4.69, 9.17) is 10.00 Å². The summed E-state index contributed by atoms with van der Waals surface area (Å²) in [4.78, 5) is 25.0. The van der Waals surface area contributed by atoms with Crippen molar-refractivity contribution >= 4 is 11.9 Å². The molecule has 0 saturated heterocycles. The minimum Gasteiger partial charge on any atom is -0.466 e. The van der Waals surface area contributed by atoms with Crippen LogP contribution in [0.5, 0.6) is 0 Å². The summed E-state index contributed by atoms with van der Waals surface area (Å²) in [5.41, 5.74) is 0. The standard InChI is InChI=1S/C13H20N2O3/c1-2-18-12(16)7-10-15(9-4-8-14)13(17)11-5-3-6-11/h11H,2-7,9-10H2,1H3. The van der Waals surface area contributed by atoms with E-state index in [0.29, 0.717) is 26.1 Å². The Labute approximate surface area is 108 Å². The molecule has 5 heteroatoms. The minimum atomic E-state index is -0.291. The second-order valence-corrected chi connectivity index (χ2v) is 4.42. The summed E-state index contributed by atoms with van der Waals surface area (Å²) in [5.74, 6) is -0.104. The molecule has 0 aromatic carbocycles. The van der Waals surface area contributed by atoms with Gasteiger partial charge in [0, 0.05) is 19.0 Å². The van der Waals surface area contributed by atoms with Crippen LogP contribution >= 0.6 is 0 Å². The summed E-state index contributed by atoms with van der Waals surface area (Å²) >= 11 is 0. The van der Waals surface area contributed by atoms with E-state index < -0.39 is 0 Å². The Kier molecular flexibility index (Phi) is 6.20. The number of hydrogen-bond donors (Lipinski definition) is 0. The number of carbonyl (C=O) groups excluding carboxylic acids is 2. The fraction of sp³-hybridized carbons (Fsp3) is 0.769. The molecule has 0 aromatic heterocycles. The molecule has 18 heavy (non-hydrogen) atoms. The summed E-state index contributed by atoms with van der Waals surface area (Å²) in [5, 5.41) is 8.59. The van der Waals surface area contributed by atoms with Crippen LogP contribution in [0.15, 0.2) is 0 Å². The fourth-order valence-corrected chi connectivity index (χ4v) is 1.89. The molecule has 0 unspecified atom stereocenters. The van der Waals surface area contributed by atoms with Gasteiger partial charge >= 0.3 is 5.97 Å². The van der Waals surface area contributed by atoms with Crippen LogP contribution in [0.1, 0.15) is 39.0 Å². The quantitative estimate of drug-likeness (QED) is 0.643. The van der Waals surface area contributed by atoms with Crippen molar-refractivity contribution in [2.45, 2.75) is 39.0 Å². The number of amides is 1. The van der Waals surface area contributed by atoms with Gasteiger partial charge in [-0.1, -0.05) is 6.42 Å². The van der Waals surface area contributed by atoms with Crippen molar-refractivity contribution < 1.29 is 14.3 Å². The third-order valence-electron chi connectivity index (χ3n) is 3.15. The highest BCUT2D eigenvalue weighted by molar-refractivity contribution is 5.80. The van der Waals surface area contributed by atoms with Crippen molar-refractivity contribution in [2.75, 3.05) is 19.7 Å². The monoisotopic (exact) mass is 252 g/mol. The van der Waals surface area contributed by atoms with E-state index in [-0.39, 0.29) is 24.2 Å². The maximum Gasteiger partial charge on any atom is 0.307 e. The van der Waals surface area contributed by atoms with Crippen LogP contribution in [0.3, 0.4) is 0 Å². The molecule has 0 bridgehead atoms. The molecular weight excluding hydrogens is 232 g/mol. The van der Waals surface area contributed by atoms with Gasteiger partial charge in [0.1, 0.15) is 0 Å². The van der Waals surface area contributed by atoms with Gasteiger partial charge in [0.05, 0.1) is 25.5 Å². The van der Waals surface area contributed by atoms with Crippen molar-refractivity contribution in [2.24, 2.45) is 5.92 Å². The zero-order valence-electron chi connectivity index (χ0n) is 10.9. The molecule has 1 aliphatic rings. The Morgan fingerprint density at radius 2 is 2.11 bits per heavy atom. The summed E-state index contributed by atoms with van der Waals surface area (Å²) in [6.45, 7) is 2.87. The lowest BCUT2D eigenvalue weighted by Crippen LogP contribution is -2.40. The molecule has 0 aromatic rings. The van der Waals surface area contributed by atoms with Gasteiger partial charge in [0.25, 0.3) is 0 Å². The van der Waals surface area contributed by atoms with Crippen LogP contribution in [-0.4, -0.2) is 36.5 Å². The number of hydrogen-bond acceptors (Lipinski definition) is 4. The van der Waals surface area contributed by atoms with Crippen molar-refractivity contribution in [3.8, 4) is 6.07 Å². The molecule has 0 aliphatic heterocycles. The topological polar surface area (TPSA) is 70.4 Å². The third-order valence-corrected chi connectivity index (χ3v) is 3.15. The van der Waals surface area contributed by atoms with E-state index in [1.807, 2.05) is 6.07 Å². The van der Waals surface area contributed by atoms with Crippen LogP contribution < -0.4 is 0 Å². The molecule has 1 rings (SSSR count). The molecule has 1 saturated carbocycles. The maximum absolute atomic E-state index is 12.1. The number of nitrogens with zero attached hydrogens (tertiary/aromatic N) is 2. The van der Waals surface area contributed by atoms with E-state index in [9.17, 15) is 9.59 Å². The minimum absolute atomic E-state index is 0.0841. The number of esters is 1. The number of nitriles is 1. The second kappa shape index (κ2) is 7.70. The maximum atomic E-state index is 12.1. The zero-order valence-corrected chi connectivity index (χ0v) is 10.9. The molecule has 1 aliphatic carbocycles. The van der Waals surface area contributed by atoms with Crippen molar-refractivity contribution in [3.05, 3.63) is 0 Å². The normalized spacial score (nSPS) is 14.4. The Balaban J connectivity index is 2.41. The molecule has 5 nitrogen and oxygen atoms in total. The van der Waals surface area contributed by atoms with Crippen LogP contribution in [-0.2, 0) is 14.3 Å². The first kappa shape index (κ1) is 14.5. The van der Waals surface area contributed by atoms with E-state index in [1.165, 1.54) is 0 Å². The van der Waals surface area contributed by atoms with Crippen LogP contribution in [0, 0.1) is 17.2 Å². The van der Waals surface area contributed by atoms with Gasteiger partial charge < -0.3 is 9.64 Å². The largest absolute Gasteiger partial charge is 0.466 e. The lowest BCUT2D eigenvalue weighted by atomic mass is 9.84. The summed E-state index contributed by atoms with van der Waals surface area (Å²) in [6.07, 6.45) is 3.47. The molecular formula is C13H20N2O3. The predicted molar refractivity (Wildman–Crippen MR) is 65.4 cm³/mol. The predicted octanol–water partition coefficient (Wildman–Crippen LogP) is 1.48. The lowest BCUT2D eigenvalue weighted by Gasteiger charge is -2.31. The Hall–Kier alpha value is -1.57. The Morgan fingerprint density at radius 1 is 1.39 bits per heavy atom. The lowest BCUT2D eigenvalue weighted by molar-refractivity contribution is -0.145. The van der Waals surface area contributed by atoms with E-state index in [0.717, 1.165) is 19.3 Å².